The molecule has 0 aliphatic heterocycles. The lowest BCUT2D eigenvalue weighted by Gasteiger charge is -2.25. The number of sulfone groups is 1. The summed E-state index contributed by atoms with van der Waals surface area (Å²) in [6.45, 7) is 5.42. The van der Waals surface area contributed by atoms with Crippen molar-refractivity contribution in [2.45, 2.75) is 56.9 Å². The van der Waals surface area contributed by atoms with Crippen LogP contribution in [0, 0.1) is 0 Å². The zero-order valence-electron chi connectivity index (χ0n) is 14.3. The number of nitrogens with one attached hydrogen (secondary N) is 1. The quantitative estimate of drug-likeness (QED) is 0.709. The van der Waals surface area contributed by atoms with Crippen molar-refractivity contribution in [3.05, 3.63) is 29.8 Å². The topological polar surface area (TPSA) is 101 Å². The Bertz CT molecular complexity index is 677. The van der Waals surface area contributed by atoms with Gasteiger partial charge < -0.3 is 10.4 Å². The van der Waals surface area contributed by atoms with Crippen LogP contribution in [0.15, 0.2) is 29.2 Å². The molecule has 0 saturated carbocycles. The van der Waals surface area contributed by atoms with Crippen LogP contribution in [0.5, 0.6) is 0 Å². The maximum atomic E-state index is 12.2. The number of unbranched alkanes of at least 4 members (excludes halogenated alkanes) is 1. The Morgan fingerprint density at radius 3 is 2.25 bits per heavy atom. The smallest absolute Gasteiger partial charge is 0.303 e. The Balaban J connectivity index is 2.78. The molecular formula is C17H25NO5S. The van der Waals surface area contributed by atoms with Crippen molar-refractivity contribution in [2.24, 2.45) is 0 Å². The van der Waals surface area contributed by atoms with E-state index in [9.17, 15) is 18.0 Å². The van der Waals surface area contributed by atoms with Crippen molar-refractivity contribution >= 4 is 21.7 Å². The fourth-order valence-electron chi connectivity index (χ4n) is 2.13. The Morgan fingerprint density at radius 1 is 1.17 bits per heavy atom. The Hall–Kier alpha value is -1.89. The summed E-state index contributed by atoms with van der Waals surface area (Å²) < 4.78 is 24.2. The zero-order chi connectivity index (χ0) is 18.4. The lowest BCUT2D eigenvalue weighted by molar-refractivity contribution is -0.137. The highest BCUT2D eigenvalue weighted by atomic mass is 32.2. The number of amides is 1. The third kappa shape index (κ3) is 6.31. The predicted molar refractivity (Wildman–Crippen MR) is 91.8 cm³/mol. The fourth-order valence-corrected chi connectivity index (χ4v) is 3.58. The molecule has 0 aromatic heterocycles. The summed E-state index contributed by atoms with van der Waals surface area (Å²) in [5.41, 5.74) is -0.325. The maximum absolute atomic E-state index is 12.2. The first-order valence-corrected chi connectivity index (χ1v) is 9.60. The molecule has 1 aromatic carbocycles. The summed E-state index contributed by atoms with van der Waals surface area (Å²) in [7, 11) is -3.32. The standard InChI is InChI=1S/C17H25NO5S/c1-4-5-12-24(22,23)14-8-6-13(7-9-14)16(21)18-17(2,3)11-10-15(19)20/h6-9H,4-5,10-12H2,1-3H3,(H,18,21)(H,19,20). The molecule has 0 fully saturated rings. The van der Waals surface area contributed by atoms with Gasteiger partial charge in [0.05, 0.1) is 10.6 Å². The molecule has 1 amide bonds. The minimum Gasteiger partial charge on any atom is -0.481 e. The van der Waals surface area contributed by atoms with Gasteiger partial charge in [0.1, 0.15) is 0 Å². The van der Waals surface area contributed by atoms with Gasteiger partial charge in [0.15, 0.2) is 9.84 Å². The minimum atomic E-state index is -3.32. The highest BCUT2D eigenvalue weighted by Gasteiger charge is 2.22. The van der Waals surface area contributed by atoms with E-state index >= 15 is 0 Å². The molecule has 0 aliphatic rings. The van der Waals surface area contributed by atoms with Gasteiger partial charge in [-0.2, -0.15) is 0 Å². The molecule has 0 heterocycles. The third-order valence-corrected chi connectivity index (χ3v) is 5.47. The second-order valence-corrected chi connectivity index (χ2v) is 8.54. The van der Waals surface area contributed by atoms with Crippen LogP contribution in [-0.4, -0.2) is 36.7 Å². The zero-order valence-corrected chi connectivity index (χ0v) is 15.1. The number of rotatable bonds is 9. The van der Waals surface area contributed by atoms with Gasteiger partial charge in [0, 0.05) is 17.5 Å². The van der Waals surface area contributed by atoms with Crippen molar-refractivity contribution in [2.75, 3.05) is 5.75 Å². The van der Waals surface area contributed by atoms with E-state index in [-0.39, 0.29) is 23.0 Å². The van der Waals surface area contributed by atoms with Gasteiger partial charge in [-0.1, -0.05) is 13.3 Å². The number of benzene rings is 1. The second kappa shape index (κ2) is 8.28. The van der Waals surface area contributed by atoms with Crippen LogP contribution in [-0.2, 0) is 14.6 Å². The molecular weight excluding hydrogens is 330 g/mol. The molecule has 134 valence electrons. The molecule has 0 spiro atoms. The molecule has 0 radical (unpaired) electrons. The summed E-state index contributed by atoms with van der Waals surface area (Å²) in [6.07, 6.45) is 1.66. The van der Waals surface area contributed by atoms with Crippen molar-refractivity contribution < 1.29 is 23.1 Å². The van der Waals surface area contributed by atoms with Gasteiger partial charge >= 0.3 is 5.97 Å². The average Bonchev–Trinajstić information content (AvgIpc) is 2.51. The summed E-state index contributed by atoms with van der Waals surface area (Å²) in [5, 5.41) is 11.5. The Morgan fingerprint density at radius 2 is 1.75 bits per heavy atom. The normalized spacial score (nSPS) is 12.0. The van der Waals surface area contributed by atoms with E-state index < -0.39 is 21.3 Å². The minimum absolute atomic E-state index is 0.0398. The van der Waals surface area contributed by atoms with Crippen molar-refractivity contribution in [3.8, 4) is 0 Å². The number of carbonyl (C=O) groups is 2. The first-order valence-electron chi connectivity index (χ1n) is 7.94. The summed E-state index contributed by atoms with van der Waals surface area (Å²) in [6, 6.07) is 5.82. The van der Waals surface area contributed by atoms with Crippen LogP contribution >= 0.6 is 0 Å². The summed E-state index contributed by atoms with van der Waals surface area (Å²) >= 11 is 0. The Labute approximate surface area is 143 Å². The molecule has 0 atom stereocenters. The van der Waals surface area contributed by atoms with Gasteiger partial charge in [0.2, 0.25) is 0 Å². The average molecular weight is 355 g/mol. The monoisotopic (exact) mass is 355 g/mol. The molecule has 6 nitrogen and oxygen atoms in total. The molecule has 24 heavy (non-hydrogen) atoms. The van der Waals surface area contributed by atoms with Gasteiger partial charge in [-0.25, -0.2) is 8.42 Å². The van der Waals surface area contributed by atoms with Crippen molar-refractivity contribution in [3.63, 3.8) is 0 Å². The third-order valence-electron chi connectivity index (χ3n) is 3.66. The molecule has 2 N–H and O–H groups in total. The molecule has 0 saturated heterocycles. The first kappa shape index (κ1) is 20.2. The van der Waals surface area contributed by atoms with Gasteiger partial charge in [-0.15, -0.1) is 0 Å². The molecule has 1 rings (SSSR count). The lowest BCUT2D eigenvalue weighted by Crippen LogP contribution is -2.43. The number of hydrogen-bond acceptors (Lipinski definition) is 4. The molecule has 0 bridgehead atoms. The number of carboxylic acids is 1. The largest absolute Gasteiger partial charge is 0.481 e. The van der Waals surface area contributed by atoms with Crippen LogP contribution in [0.2, 0.25) is 0 Å². The maximum Gasteiger partial charge on any atom is 0.303 e. The Kier molecular flexibility index (Phi) is 6.95. The second-order valence-electron chi connectivity index (χ2n) is 6.43. The highest BCUT2D eigenvalue weighted by Crippen LogP contribution is 2.16. The van der Waals surface area contributed by atoms with Gasteiger partial charge in [-0.3, -0.25) is 9.59 Å². The molecule has 0 aliphatic carbocycles. The van der Waals surface area contributed by atoms with Crippen LogP contribution in [0.25, 0.3) is 0 Å². The highest BCUT2D eigenvalue weighted by molar-refractivity contribution is 7.91. The van der Waals surface area contributed by atoms with Crippen molar-refractivity contribution in [1.82, 2.24) is 5.32 Å². The van der Waals surface area contributed by atoms with E-state index in [4.69, 9.17) is 5.11 Å². The van der Waals surface area contributed by atoms with E-state index in [1.807, 2.05) is 6.92 Å². The van der Waals surface area contributed by atoms with E-state index in [2.05, 4.69) is 5.32 Å². The van der Waals surface area contributed by atoms with Gasteiger partial charge in [-0.05, 0) is 51.0 Å². The summed E-state index contributed by atoms with van der Waals surface area (Å²) in [5.74, 6) is -1.18. The van der Waals surface area contributed by atoms with Gasteiger partial charge in [0.25, 0.3) is 5.91 Å². The van der Waals surface area contributed by atoms with Crippen LogP contribution in [0.4, 0.5) is 0 Å². The number of carbonyl (C=O) groups excluding carboxylic acids is 1. The number of aliphatic carboxylic acids is 1. The van der Waals surface area contributed by atoms with E-state index in [0.29, 0.717) is 18.4 Å². The molecule has 0 unspecified atom stereocenters. The molecule has 1 aromatic rings. The van der Waals surface area contributed by atoms with Crippen LogP contribution in [0.1, 0.15) is 56.8 Å². The first-order chi connectivity index (χ1) is 11.1. The summed E-state index contributed by atoms with van der Waals surface area (Å²) in [4.78, 5) is 23.1. The van der Waals surface area contributed by atoms with E-state index in [1.54, 1.807) is 13.8 Å². The predicted octanol–water partition coefficient (Wildman–Crippen LogP) is 2.63. The fraction of sp³-hybridized carbons (Fsp3) is 0.529. The number of carboxylic acid groups (broad SMARTS) is 1. The SMILES string of the molecule is CCCCS(=O)(=O)c1ccc(C(=O)NC(C)(C)CCC(=O)O)cc1. The van der Waals surface area contributed by atoms with Crippen LogP contribution in [0.3, 0.4) is 0 Å². The molecule has 7 heteroatoms. The number of hydrogen-bond donors (Lipinski definition) is 2. The van der Waals surface area contributed by atoms with Crippen molar-refractivity contribution in [1.29, 1.82) is 0 Å². The van der Waals surface area contributed by atoms with E-state index in [1.165, 1.54) is 24.3 Å². The van der Waals surface area contributed by atoms with E-state index in [0.717, 1.165) is 6.42 Å². The lowest BCUT2D eigenvalue weighted by atomic mass is 9.98. The van der Waals surface area contributed by atoms with Crippen LogP contribution < -0.4 is 5.32 Å².